The zero-order valence-electron chi connectivity index (χ0n) is 11.1. The van der Waals surface area contributed by atoms with E-state index >= 15 is 0 Å². The highest BCUT2D eigenvalue weighted by Crippen LogP contribution is 2.42. The molecular formula is C15H24O2. The average molecular weight is 236 g/mol. The summed E-state index contributed by atoms with van der Waals surface area (Å²) in [6, 6.07) is 0. The molecule has 0 saturated carbocycles. The smallest absolute Gasteiger partial charge is 0.191 e. The molecule has 1 aliphatic carbocycles. The van der Waals surface area contributed by atoms with E-state index in [2.05, 4.69) is 26.5 Å². The van der Waals surface area contributed by atoms with Crippen molar-refractivity contribution in [3.63, 3.8) is 0 Å². The molecule has 1 aliphatic heterocycles. The summed E-state index contributed by atoms with van der Waals surface area (Å²) in [6.45, 7) is 9.82. The lowest BCUT2D eigenvalue weighted by Crippen LogP contribution is -2.35. The Balaban J connectivity index is 2.20. The fraction of sp³-hybridized carbons (Fsp3) is 0.733. The van der Waals surface area contributed by atoms with Crippen LogP contribution >= 0.6 is 0 Å². The number of allylic oxidation sites excluding steroid dienone is 2. The topological polar surface area (TPSA) is 18.5 Å². The van der Waals surface area contributed by atoms with Crippen molar-refractivity contribution in [1.82, 2.24) is 0 Å². The van der Waals surface area contributed by atoms with Gasteiger partial charge in [-0.05, 0) is 36.7 Å². The van der Waals surface area contributed by atoms with Crippen LogP contribution in [0.25, 0.3) is 0 Å². The maximum Gasteiger partial charge on any atom is 0.191 e. The van der Waals surface area contributed by atoms with E-state index in [1.54, 1.807) is 0 Å². The Morgan fingerprint density at radius 2 is 2.06 bits per heavy atom. The standard InChI is InChI=1S/C15H24O2/c1-4-5-9-15(16-10-11-17-15)13-7-6-8-14(2,3)12-13/h4,12H,1,5-11H2,2-3H3. The molecule has 2 aliphatic rings. The highest BCUT2D eigenvalue weighted by Gasteiger charge is 2.41. The lowest BCUT2D eigenvalue weighted by molar-refractivity contribution is -0.133. The molecule has 2 rings (SSSR count). The largest absolute Gasteiger partial charge is 0.344 e. The quantitative estimate of drug-likeness (QED) is 0.691. The van der Waals surface area contributed by atoms with Gasteiger partial charge in [0.2, 0.25) is 0 Å². The van der Waals surface area contributed by atoms with E-state index in [1.807, 2.05) is 6.08 Å². The third-order valence-corrected chi connectivity index (χ3v) is 3.75. The summed E-state index contributed by atoms with van der Waals surface area (Å²) in [4.78, 5) is 0. The van der Waals surface area contributed by atoms with E-state index < -0.39 is 5.79 Å². The maximum atomic E-state index is 5.94. The summed E-state index contributed by atoms with van der Waals surface area (Å²) in [5, 5.41) is 0. The molecule has 17 heavy (non-hydrogen) atoms. The van der Waals surface area contributed by atoms with Crippen LogP contribution in [0.1, 0.15) is 46.0 Å². The SMILES string of the molecule is C=CCCC1(C2=CC(C)(C)CCC2)OCCO1. The Hall–Kier alpha value is -0.600. The van der Waals surface area contributed by atoms with Crippen LogP contribution < -0.4 is 0 Å². The lowest BCUT2D eigenvalue weighted by Gasteiger charge is -2.36. The fourth-order valence-corrected chi connectivity index (χ4v) is 2.89. The van der Waals surface area contributed by atoms with Gasteiger partial charge < -0.3 is 9.47 Å². The molecule has 1 fully saturated rings. The molecule has 0 aromatic heterocycles. The van der Waals surface area contributed by atoms with Gasteiger partial charge in [-0.1, -0.05) is 26.0 Å². The van der Waals surface area contributed by atoms with E-state index in [-0.39, 0.29) is 5.41 Å². The Labute approximate surface area is 105 Å². The predicted molar refractivity (Wildman–Crippen MR) is 69.8 cm³/mol. The zero-order valence-corrected chi connectivity index (χ0v) is 11.1. The Bertz CT molecular complexity index is 309. The van der Waals surface area contributed by atoms with Crippen molar-refractivity contribution in [2.45, 2.75) is 51.7 Å². The van der Waals surface area contributed by atoms with Crippen LogP contribution in [0.2, 0.25) is 0 Å². The summed E-state index contributed by atoms with van der Waals surface area (Å²) in [7, 11) is 0. The summed E-state index contributed by atoms with van der Waals surface area (Å²) in [5.41, 5.74) is 1.64. The van der Waals surface area contributed by atoms with Crippen molar-refractivity contribution in [3.8, 4) is 0 Å². The normalized spacial score (nSPS) is 26.6. The molecule has 1 saturated heterocycles. The van der Waals surface area contributed by atoms with E-state index in [0.29, 0.717) is 0 Å². The minimum atomic E-state index is -0.439. The first-order chi connectivity index (χ1) is 8.08. The first-order valence-corrected chi connectivity index (χ1v) is 6.69. The highest BCUT2D eigenvalue weighted by molar-refractivity contribution is 5.20. The molecule has 2 heteroatoms. The molecule has 2 nitrogen and oxygen atoms in total. The van der Waals surface area contributed by atoms with E-state index in [1.165, 1.54) is 18.4 Å². The first kappa shape index (κ1) is 12.8. The summed E-state index contributed by atoms with van der Waals surface area (Å²) >= 11 is 0. The van der Waals surface area contributed by atoms with Crippen molar-refractivity contribution < 1.29 is 9.47 Å². The van der Waals surface area contributed by atoms with Gasteiger partial charge >= 0.3 is 0 Å². The summed E-state index contributed by atoms with van der Waals surface area (Å²) < 4.78 is 11.9. The molecule has 0 amide bonds. The van der Waals surface area contributed by atoms with Crippen LogP contribution in [0.3, 0.4) is 0 Å². The van der Waals surface area contributed by atoms with Crippen molar-refractivity contribution in [2.24, 2.45) is 5.41 Å². The van der Waals surface area contributed by atoms with E-state index in [0.717, 1.165) is 32.5 Å². The van der Waals surface area contributed by atoms with Crippen LogP contribution in [0.15, 0.2) is 24.3 Å². The second-order valence-electron chi connectivity index (χ2n) is 5.79. The van der Waals surface area contributed by atoms with Gasteiger partial charge in [0, 0.05) is 6.42 Å². The molecule has 0 atom stereocenters. The van der Waals surface area contributed by atoms with Gasteiger partial charge in [-0.3, -0.25) is 0 Å². The molecule has 1 heterocycles. The molecule has 0 spiro atoms. The van der Waals surface area contributed by atoms with Gasteiger partial charge in [-0.15, -0.1) is 6.58 Å². The molecule has 0 aromatic carbocycles. The first-order valence-electron chi connectivity index (χ1n) is 6.69. The third kappa shape index (κ3) is 2.80. The third-order valence-electron chi connectivity index (χ3n) is 3.75. The van der Waals surface area contributed by atoms with E-state index in [9.17, 15) is 0 Å². The van der Waals surface area contributed by atoms with Gasteiger partial charge in [0.1, 0.15) is 0 Å². The van der Waals surface area contributed by atoms with Crippen molar-refractivity contribution >= 4 is 0 Å². The van der Waals surface area contributed by atoms with Gasteiger partial charge in [-0.25, -0.2) is 0 Å². The van der Waals surface area contributed by atoms with Crippen LogP contribution in [0.4, 0.5) is 0 Å². The predicted octanol–water partition coefficient (Wildman–Crippen LogP) is 3.83. The zero-order chi connectivity index (χ0) is 12.4. The molecule has 0 bridgehead atoms. The number of rotatable bonds is 4. The lowest BCUT2D eigenvalue weighted by atomic mass is 9.77. The van der Waals surface area contributed by atoms with Gasteiger partial charge in [-0.2, -0.15) is 0 Å². The second kappa shape index (κ2) is 4.95. The van der Waals surface area contributed by atoms with E-state index in [4.69, 9.17) is 9.47 Å². The van der Waals surface area contributed by atoms with Gasteiger partial charge in [0.25, 0.3) is 0 Å². The minimum absolute atomic E-state index is 0.282. The van der Waals surface area contributed by atoms with Gasteiger partial charge in [0.15, 0.2) is 5.79 Å². The van der Waals surface area contributed by atoms with Crippen LogP contribution in [-0.2, 0) is 9.47 Å². The Kier molecular flexibility index (Phi) is 3.74. The maximum absolute atomic E-state index is 5.94. The average Bonchev–Trinajstić information content (AvgIpc) is 2.75. The van der Waals surface area contributed by atoms with Crippen molar-refractivity contribution in [2.75, 3.05) is 13.2 Å². The Morgan fingerprint density at radius 3 is 2.65 bits per heavy atom. The van der Waals surface area contributed by atoms with Gasteiger partial charge in [0.05, 0.1) is 13.2 Å². The molecule has 0 unspecified atom stereocenters. The van der Waals surface area contributed by atoms with Crippen LogP contribution in [0, 0.1) is 5.41 Å². The Morgan fingerprint density at radius 1 is 1.35 bits per heavy atom. The highest BCUT2D eigenvalue weighted by atomic mass is 16.7. The monoisotopic (exact) mass is 236 g/mol. The number of ether oxygens (including phenoxy) is 2. The minimum Gasteiger partial charge on any atom is -0.344 e. The molecule has 96 valence electrons. The fourth-order valence-electron chi connectivity index (χ4n) is 2.89. The number of hydrogen-bond donors (Lipinski definition) is 0. The molecule has 0 N–H and O–H groups in total. The summed E-state index contributed by atoms with van der Waals surface area (Å²) in [6.07, 6.45) is 9.78. The molecule has 0 aromatic rings. The summed E-state index contributed by atoms with van der Waals surface area (Å²) in [5.74, 6) is -0.439. The number of hydrogen-bond acceptors (Lipinski definition) is 2. The van der Waals surface area contributed by atoms with Crippen LogP contribution in [0.5, 0.6) is 0 Å². The molecular weight excluding hydrogens is 212 g/mol. The van der Waals surface area contributed by atoms with Crippen molar-refractivity contribution in [1.29, 1.82) is 0 Å². The van der Waals surface area contributed by atoms with Crippen molar-refractivity contribution in [3.05, 3.63) is 24.3 Å². The second-order valence-corrected chi connectivity index (χ2v) is 5.79. The molecule has 0 radical (unpaired) electrons. The van der Waals surface area contributed by atoms with Crippen LogP contribution in [-0.4, -0.2) is 19.0 Å².